The summed E-state index contributed by atoms with van der Waals surface area (Å²) in [4.78, 5) is 28.3. The molecule has 3 aromatic carbocycles. The Hall–Kier alpha value is -4.30. The number of carbonyl (C=O) groups excluding carboxylic acids is 2. The Bertz CT molecular complexity index is 1380. The Labute approximate surface area is 209 Å². The van der Waals surface area contributed by atoms with Gasteiger partial charge in [-0.2, -0.15) is 4.98 Å². The van der Waals surface area contributed by atoms with E-state index in [-0.39, 0.29) is 24.8 Å². The standard InChI is InChI=1S/C28H27N3O5/c1-18-7-4-5-10-23(18)24-12-11-21(16-22(24)17-34-2)28-30-26(31-36-28)19-8-6-9-20(15-19)27(33)29-14-13-25(32)35-3/h4-12,15-16H,13-14,17H2,1-3H3,(H,29,33). The second kappa shape index (κ2) is 11.4. The van der Waals surface area contributed by atoms with Gasteiger partial charge in [0.05, 0.1) is 20.1 Å². The van der Waals surface area contributed by atoms with Crippen LogP contribution in [0.1, 0.15) is 27.9 Å². The molecule has 8 nitrogen and oxygen atoms in total. The number of esters is 1. The Morgan fingerprint density at radius 1 is 0.944 bits per heavy atom. The van der Waals surface area contributed by atoms with E-state index < -0.39 is 0 Å². The zero-order valence-corrected chi connectivity index (χ0v) is 20.4. The van der Waals surface area contributed by atoms with Crippen molar-refractivity contribution in [3.63, 3.8) is 0 Å². The Balaban J connectivity index is 1.56. The van der Waals surface area contributed by atoms with Crippen LogP contribution in [0.25, 0.3) is 34.0 Å². The second-order valence-electron chi connectivity index (χ2n) is 8.21. The second-order valence-corrected chi connectivity index (χ2v) is 8.21. The average Bonchev–Trinajstić information content (AvgIpc) is 3.40. The number of hydrogen-bond donors (Lipinski definition) is 1. The fourth-order valence-corrected chi connectivity index (χ4v) is 3.88. The van der Waals surface area contributed by atoms with Gasteiger partial charge in [0.1, 0.15) is 0 Å². The highest BCUT2D eigenvalue weighted by Gasteiger charge is 2.16. The summed E-state index contributed by atoms with van der Waals surface area (Å²) in [5.74, 6) is 0.0431. The molecule has 36 heavy (non-hydrogen) atoms. The summed E-state index contributed by atoms with van der Waals surface area (Å²) < 4.78 is 15.6. The van der Waals surface area contributed by atoms with Gasteiger partial charge in [0.2, 0.25) is 5.82 Å². The minimum atomic E-state index is -0.385. The number of rotatable bonds is 9. The van der Waals surface area contributed by atoms with Crippen molar-refractivity contribution in [2.75, 3.05) is 20.8 Å². The minimum absolute atomic E-state index is 0.101. The maximum Gasteiger partial charge on any atom is 0.307 e. The number of hydrogen-bond acceptors (Lipinski definition) is 7. The summed E-state index contributed by atoms with van der Waals surface area (Å²) in [6.07, 6.45) is 0.101. The molecule has 0 fully saturated rings. The van der Waals surface area contributed by atoms with E-state index in [2.05, 4.69) is 39.3 Å². The molecular formula is C28H27N3O5. The molecule has 0 saturated heterocycles. The van der Waals surface area contributed by atoms with Crippen LogP contribution in [0.15, 0.2) is 71.3 Å². The molecule has 0 atom stereocenters. The first-order chi connectivity index (χ1) is 17.5. The van der Waals surface area contributed by atoms with Crippen molar-refractivity contribution in [2.45, 2.75) is 20.0 Å². The largest absolute Gasteiger partial charge is 0.469 e. The molecule has 4 aromatic rings. The molecule has 0 aliphatic heterocycles. The van der Waals surface area contributed by atoms with E-state index in [0.717, 1.165) is 22.3 Å². The van der Waals surface area contributed by atoms with Gasteiger partial charge in [-0.3, -0.25) is 9.59 Å². The van der Waals surface area contributed by atoms with Crippen molar-refractivity contribution < 1.29 is 23.6 Å². The number of ether oxygens (including phenoxy) is 2. The maximum absolute atomic E-state index is 12.5. The maximum atomic E-state index is 12.5. The van der Waals surface area contributed by atoms with Crippen molar-refractivity contribution >= 4 is 11.9 Å². The fraction of sp³-hybridized carbons (Fsp3) is 0.214. The molecule has 0 saturated carbocycles. The van der Waals surface area contributed by atoms with E-state index in [4.69, 9.17) is 9.26 Å². The van der Waals surface area contributed by atoms with Gasteiger partial charge in [-0.25, -0.2) is 0 Å². The summed E-state index contributed by atoms with van der Waals surface area (Å²) in [5.41, 5.74) is 6.25. The minimum Gasteiger partial charge on any atom is -0.469 e. The number of aromatic nitrogens is 2. The van der Waals surface area contributed by atoms with Gasteiger partial charge in [-0.05, 0) is 53.4 Å². The molecule has 1 aromatic heterocycles. The van der Waals surface area contributed by atoms with Crippen molar-refractivity contribution in [3.8, 4) is 34.0 Å². The van der Waals surface area contributed by atoms with Gasteiger partial charge in [-0.1, -0.05) is 47.6 Å². The lowest BCUT2D eigenvalue weighted by atomic mass is 9.94. The van der Waals surface area contributed by atoms with Gasteiger partial charge in [0, 0.05) is 30.3 Å². The van der Waals surface area contributed by atoms with Gasteiger partial charge in [0.15, 0.2) is 0 Å². The normalized spacial score (nSPS) is 10.8. The first-order valence-corrected chi connectivity index (χ1v) is 11.5. The highest BCUT2D eigenvalue weighted by atomic mass is 16.5. The van der Waals surface area contributed by atoms with Gasteiger partial charge < -0.3 is 19.3 Å². The molecule has 0 aliphatic carbocycles. The number of carbonyl (C=O) groups is 2. The predicted molar refractivity (Wildman–Crippen MR) is 135 cm³/mol. The molecule has 0 radical (unpaired) electrons. The van der Waals surface area contributed by atoms with Crippen molar-refractivity contribution in [2.24, 2.45) is 0 Å². The van der Waals surface area contributed by atoms with Crippen LogP contribution >= 0.6 is 0 Å². The summed E-state index contributed by atoms with van der Waals surface area (Å²) in [6.45, 7) is 2.70. The summed E-state index contributed by atoms with van der Waals surface area (Å²) in [7, 11) is 2.97. The Morgan fingerprint density at radius 2 is 1.78 bits per heavy atom. The molecule has 184 valence electrons. The van der Waals surface area contributed by atoms with Gasteiger partial charge in [0.25, 0.3) is 11.8 Å². The predicted octanol–water partition coefficient (Wildman–Crippen LogP) is 4.82. The molecule has 4 rings (SSSR count). The molecule has 0 aliphatic rings. The molecule has 1 heterocycles. The van der Waals surface area contributed by atoms with Crippen LogP contribution in [0, 0.1) is 6.92 Å². The number of aryl methyl sites for hydroxylation is 1. The lowest BCUT2D eigenvalue weighted by molar-refractivity contribution is -0.140. The number of nitrogens with zero attached hydrogens (tertiary/aromatic N) is 2. The van der Waals surface area contributed by atoms with E-state index in [1.807, 2.05) is 30.3 Å². The lowest BCUT2D eigenvalue weighted by Gasteiger charge is -2.12. The van der Waals surface area contributed by atoms with Crippen molar-refractivity contribution in [1.82, 2.24) is 15.5 Å². The molecule has 1 amide bonds. The monoisotopic (exact) mass is 485 g/mol. The van der Waals surface area contributed by atoms with E-state index in [1.54, 1.807) is 31.4 Å². The van der Waals surface area contributed by atoms with Crippen LogP contribution in [0.5, 0.6) is 0 Å². The summed E-state index contributed by atoms with van der Waals surface area (Å²) >= 11 is 0. The van der Waals surface area contributed by atoms with Gasteiger partial charge >= 0.3 is 5.97 Å². The summed E-state index contributed by atoms with van der Waals surface area (Å²) in [5, 5.41) is 6.82. The van der Waals surface area contributed by atoms with Crippen LogP contribution in [-0.2, 0) is 20.9 Å². The SMILES string of the molecule is COCc1cc(-c2nc(-c3cccc(C(=O)NCCC(=O)OC)c3)no2)ccc1-c1ccccc1C. The van der Waals surface area contributed by atoms with E-state index >= 15 is 0 Å². The van der Waals surface area contributed by atoms with Crippen molar-refractivity contribution in [3.05, 3.63) is 83.4 Å². The smallest absolute Gasteiger partial charge is 0.307 e. The molecule has 1 N–H and O–H groups in total. The zero-order chi connectivity index (χ0) is 25.5. The van der Waals surface area contributed by atoms with Crippen molar-refractivity contribution in [1.29, 1.82) is 0 Å². The van der Waals surface area contributed by atoms with Crippen LogP contribution in [-0.4, -0.2) is 42.8 Å². The zero-order valence-electron chi connectivity index (χ0n) is 20.4. The number of methoxy groups -OCH3 is 2. The Kier molecular flexibility index (Phi) is 7.87. The third-order valence-corrected chi connectivity index (χ3v) is 5.74. The number of nitrogens with one attached hydrogen (secondary N) is 1. The molecule has 0 bridgehead atoms. The first-order valence-electron chi connectivity index (χ1n) is 11.5. The van der Waals surface area contributed by atoms with E-state index in [0.29, 0.717) is 29.4 Å². The molecule has 8 heteroatoms. The van der Waals surface area contributed by atoms with E-state index in [9.17, 15) is 9.59 Å². The fourth-order valence-electron chi connectivity index (χ4n) is 3.88. The van der Waals surface area contributed by atoms with Crippen LogP contribution in [0.4, 0.5) is 0 Å². The molecule has 0 unspecified atom stereocenters. The first kappa shape index (κ1) is 24.8. The lowest BCUT2D eigenvalue weighted by Crippen LogP contribution is -2.26. The van der Waals surface area contributed by atoms with Crippen LogP contribution < -0.4 is 5.32 Å². The van der Waals surface area contributed by atoms with E-state index in [1.165, 1.54) is 12.7 Å². The van der Waals surface area contributed by atoms with Crippen LogP contribution in [0.2, 0.25) is 0 Å². The highest BCUT2D eigenvalue weighted by molar-refractivity contribution is 5.95. The Morgan fingerprint density at radius 3 is 2.56 bits per heavy atom. The number of benzene rings is 3. The third kappa shape index (κ3) is 5.67. The quantitative estimate of drug-likeness (QED) is 0.339. The molecular weight excluding hydrogens is 458 g/mol. The number of amides is 1. The average molecular weight is 486 g/mol. The molecule has 0 spiro atoms. The topological polar surface area (TPSA) is 104 Å². The third-order valence-electron chi connectivity index (χ3n) is 5.74. The van der Waals surface area contributed by atoms with Gasteiger partial charge in [-0.15, -0.1) is 0 Å². The van der Waals surface area contributed by atoms with Crippen LogP contribution in [0.3, 0.4) is 0 Å². The summed E-state index contributed by atoms with van der Waals surface area (Å²) in [6, 6.07) is 21.1. The highest BCUT2D eigenvalue weighted by Crippen LogP contribution is 2.31.